The first-order chi connectivity index (χ1) is 18.4. The van der Waals surface area contributed by atoms with Gasteiger partial charge in [0.25, 0.3) is 0 Å². The van der Waals surface area contributed by atoms with Crippen LogP contribution in [0.2, 0.25) is 0 Å². The van der Waals surface area contributed by atoms with E-state index in [4.69, 9.17) is 4.74 Å². The number of ether oxygens (including phenoxy) is 1. The van der Waals surface area contributed by atoms with E-state index in [9.17, 15) is 10.1 Å². The lowest BCUT2D eigenvalue weighted by Gasteiger charge is -2.32. The largest absolute Gasteiger partial charge is 0.467 e. The van der Waals surface area contributed by atoms with Gasteiger partial charge in [-0.15, -0.1) is 0 Å². The van der Waals surface area contributed by atoms with Crippen molar-refractivity contribution in [1.82, 2.24) is 35.4 Å². The molecule has 0 unspecified atom stereocenters. The molecule has 12 heteroatoms. The van der Waals surface area contributed by atoms with Crippen LogP contribution in [0.5, 0.6) is 6.01 Å². The molecule has 2 aromatic heterocycles. The number of H-pyrrole nitrogens is 1. The molecule has 0 bridgehead atoms. The van der Waals surface area contributed by atoms with Gasteiger partial charge in [-0.25, -0.2) is 4.79 Å². The van der Waals surface area contributed by atoms with Gasteiger partial charge in [0.2, 0.25) is 11.9 Å². The first-order valence-corrected chi connectivity index (χ1v) is 12.8. The Morgan fingerprint density at radius 1 is 1.24 bits per heavy atom. The highest BCUT2D eigenvalue weighted by atomic mass is 16.5. The fourth-order valence-electron chi connectivity index (χ4n) is 5.47. The van der Waals surface area contributed by atoms with E-state index < -0.39 is 5.54 Å². The van der Waals surface area contributed by atoms with E-state index >= 15 is 0 Å². The Bertz CT molecular complexity index is 1400. The number of hydrogen-bond acceptors (Lipinski definition) is 9. The lowest BCUT2D eigenvalue weighted by molar-refractivity contribution is 0.142. The summed E-state index contributed by atoms with van der Waals surface area (Å²) in [7, 11) is 1.49. The second kappa shape index (κ2) is 9.16. The topological polar surface area (TPSA) is 148 Å². The van der Waals surface area contributed by atoms with E-state index in [1.807, 2.05) is 41.8 Å². The highest BCUT2D eigenvalue weighted by Crippen LogP contribution is 2.43. The van der Waals surface area contributed by atoms with Crippen molar-refractivity contribution in [3.63, 3.8) is 0 Å². The molecule has 12 nitrogen and oxygen atoms in total. The SMILES string of the molecule is COc1nc(Nc2n[nH]c3c2CN(C(=O)N[C@H]2C[C@@H]2c2ccccc2)C3(C)C)nc(N2CCC[C@H]2C#N)n1. The van der Waals surface area contributed by atoms with Gasteiger partial charge in [-0.05, 0) is 38.7 Å². The number of aromatic amines is 1. The molecule has 1 saturated carbocycles. The van der Waals surface area contributed by atoms with Crippen molar-refractivity contribution in [2.24, 2.45) is 0 Å². The fourth-order valence-corrected chi connectivity index (χ4v) is 5.47. The highest BCUT2D eigenvalue weighted by molar-refractivity contribution is 5.78. The van der Waals surface area contributed by atoms with Crippen LogP contribution in [-0.4, -0.2) is 61.8 Å². The maximum absolute atomic E-state index is 13.3. The number of carbonyl (C=O) groups excluding carboxylic acids is 1. The summed E-state index contributed by atoms with van der Waals surface area (Å²) in [5, 5.41) is 23.5. The van der Waals surface area contributed by atoms with Gasteiger partial charge in [0, 0.05) is 24.1 Å². The third-order valence-electron chi connectivity index (χ3n) is 7.72. The van der Waals surface area contributed by atoms with E-state index in [2.05, 4.69) is 54.0 Å². The average Bonchev–Trinajstić information content (AvgIpc) is 3.23. The van der Waals surface area contributed by atoms with Crippen molar-refractivity contribution in [3.05, 3.63) is 47.2 Å². The molecule has 2 amide bonds. The Morgan fingerprint density at radius 3 is 2.82 bits per heavy atom. The predicted molar refractivity (Wildman–Crippen MR) is 139 cm³/mol. The monoisotopic (exact) mass is 514 g/mol. The summed E-state index contributed by atoms with van der Waals surface area (Å²) in [5.41, 5.74) is 2.40. The lowest BCUT2D eigenvalue weighted by Crippen LogP contribution is -2.47. The van der Waals surface area contributed by atoms with Crippen LogP contribution in [0.4, 0.5) is 22.5 Å². The summed E-state index contributed by atoms with van der Waals surface area (Å²) >= 11 is 0. The van der Waals surface area contributed by atoms with E-state index in [0.717, 1.165) is 30.5 Å². The first-order valence-electron chi connectivity index (χ1n) is 12.8. The molecule has 2 fully saturated rings. The van der Waals surface area contributed by atoms with E-state index in [1.165, 1.54) is 12.7 Å². The second-order valence-corrected chi connectivity index (χ2v) is 10.4. The number of nitrogens with zero attached hydrogens (tertiary/aromatic N) is 7. The van der Waals surface area contributed by atoms with Crippen molar-refractivity contribution in [3.8, 4) is 12.1 Å². The summed E-state index contributed by atoms with van der Waals surface area (Å²) in [6.07, 6.45) is 2.60. The molecule has 1 saturated heterocycles. The number of benzene rings is 1. The minimum Gasteiger partial charge on any atom is -0.467 e. The molecule has 2 aliphatic heterocycles. The van der Waals surface area contributed by atoms with Crippen molar-refractivity contribution in [2.45, 2.75) is 63.2 Å². The van der Waals surface area contributed by atoms with Crippen LogP contribution in [0, 0.1) is 11.3 Å². The minimum atomic E-state index is -0.582. The molecule has 1 aliphatic carbocycles. The molecule has 0 radical (unpaired) electrons. The number of methoxy groups -OCH3 is 1. The van der Waals surface area contributed by atoms with Crippen LogP contribution >= 0.6 is 0 Å². The number of aromatic nitrogens is 5. The number of nitrogens with one attached hydrogen (secondary N) is 3. The van der Waals surface area contributed by atoms with Gasteiger partial charge in [0.05, 0.1) is 31.0 Å². The molecule has 1 aromatic carbocycles. The van der Waals surface area contributed by atoms with Crippen molar-refractivity contribution in [1.29, 1.82) is 5.26 Å². The van der Waals surface area contributed by atoms with Crippen molar-refractivity contribution < 1.29 is 9.53 Å². The Morgan fingerprint density at radius 2 is 2.05 bits per heavy atom. The molecular weight excluding hydrogens is 484 g/mol. The van der Waals surface area contributed by atoms with Crippen LogP contribution < -0.4 is 20.3 Å². The maximum Gasteiger partial charge on any atom is 0.322 e. The molecule has 38 heavy (non-hydrogen) atoms. The zero-order chi connectivity index (χ0) is 26.4. The zero-order valence-corrected chi connectivity index (χ0v) is 21.6. The average molecular weight is 515 g/mol. The van der Waals surface area contributed by atoms with Crippen LogP contribution in [0.25, 0.3) is 0 Å². The van der Waals surface area contributed by atoms with Gasteiger partial charge < -0.3 is 25.2 Å². The van der Waals surface area contributed by atoms with Gasteiger partial charge in [0.15, 0.2) is 5.82 Å². The summed E-state index contributed by atoms with van der Waals surface area (Å²) in [5.74, 6) is 1.53. The fraction of sp³-hybridized carbons (Fsp3) is 0.462. The van der Waals surface area contributed by atoms with Crippen LogP contribution in [0.3, 0.4) is 0 Å². The number of hydrogen-bond donors (Lipinski definition) is 3. The quantitative estimate of drug-likeness (QED) is 0.451. The lowest BCUT2D eigenvalue weighted by atomic mass is 10.0. The highest BCUT2D eigenvalue weighted by Gasteiger charge is 2.47. The van der Waals surface area contributed by atoms with Gasteiger partial charge >= 0.3 is 12.0 Å². The van der Waals surface area contributed by atoms with Crippen molar-refractivity contribution in [2.75, 3.05) is 23.9 Å². The number of rotatable bonds is 6. The smallest absolute Gasteiger partial charge is 0.322 e. The molecule has 3 atom stereocenters. The number of anilines is 3. The maximum atomic E-state index is 13.3. The van der Waals surface area contributed by atoms with E-state index in [-0.39, 0.29) is 30.1 Å². The number of fused-ring (bicyclic) bond motifs is 1. The van der Waals surface area contributed by atoms with Crippen LogP contribution in [0.1, 0.15) is 55.8 Å². The minimum absolute atomic E-state index is 0.102. The molecule has 0 spiro atoms. The first kappa shape index (κ1) is 24.0. The zero-order valence-electron chi connectivity index (χ0n) is 21.6. The summed E-state index contributed by atoms with van der Waals surface area (Å²) < 4.78 is 5.30. The number of carbonyl (C=O) groups is 1. The summed E-state index contributed by atoms with van der Waals surface area (Å²) in [6, 6.07) is 12.5. The summed E-state index contributed by atoms with van der Waals surface area (Å²) in [6.45, 7) is 5.07. The molecule has 196 valence electrons. The van der Waals surface area contributed by atoms with E-state index in [1.54, 1.807) is 0 Å². The molecule has 3 N–H and O–H groups in total. The third kappa shape index (κ3) is 4.13. The molecule has 6 rings (SSSR count). The third-order valence-corrected chi connectivity index (χ3v) is 7.72. The van der Waals surface area contributed by atoms with Crippen LogP contribution in [-0.2, 0) is 12.1 Å². The number of urea groups is 1. The van der Waals surface area contributed by atoms with Gasteiger partial charge in [-0.3, -0.25) is 5.10 Å². The number of amides is 2. The second-order valence-electron chi connectivity index (χ2n) is 10.4. The summed E-state index contributed by atoms with van der Waals surface area (Å²) in [4.78, 5) is 30.3. The van der Waals surface area contributed by atoms with Gasteiger partial charge in [-0.2, -0.15) is 25.3 Å². The van der Waals surface area contributed by atoms with Gasteiger partial charge in [-0.1, -0.05) is 30.3 Å². The Kier molecular flexibility index (Phi) is 5.78. The molecule has 3 aliphatic rings. The number of nitriles is 1. The standard InChI is InChI=1S/C26H30N10O2/c1-26(2)20-18(14-36(26)25(37)28-19-12-17(19)15-8-5-4-6-9-15)21(34-33-20)29-22-30-23(32-24(31-22)38-3)35-11-7-10-16(35)13-27/h4-6,8-9,16-17,19H,7,10-12,14H2,1-3H3,(H,28,37)(H2,29,30,31,32,33,34)/t16-,17+,19-/m0/s1. The van der Waals surface area contributed by atoms with Crippen LogP contribution in [0.15, 0.2) is 30.3 Å². The molecular formula is C26H30N10O2. The Balaban J connectivity index is 1.19. The van der Waals surface area contributed by atoms with Gasteiger partial charge in [0.1, 0.15) is 6.04 Å². The molecule has 3 aromatic rings. The Labute approximate surface area is 220 Å². The predicted octanol–water partition coefficient (Wildman–Crippen LogP) is 3.16. The normalized spacial score (nSPS) is 23.1. The Hall–Kier alpha value is -4.40. The molecule has 4 heterocycles. The van der Waals surface area contributed by atoms with E-state index in [0.29, 0.717) is 30.8 Å². The van der Waals surface area contributed by atoms with Crippen molar-refractivity contribution >= 4 is 23.7 Å².